The summed E-state index contributed by atoms with van der Waals surface area (Å²) in [5.41, 5.74) is 0.829. The van der Waals surface area contributed by atoms with E-state index in [0.29, 0.717) is 19.6 Å². The molecule has 2 amide bonds. The molecule has 0 spiro atoms. The Labute approximate surface area is 144 Å². The third-order valence-electron chi connectivity index (χ3n) is 3.50. The van der Waals surface area contributed by atoms with Crippen LogP contribution in [0, 0.1) is 6.92 Å². The van der Waals surface area contributed by atoms with E-state index >= 15 is 0 Å². The normalized spacial score (nSPS) is 10.5. The van der Waals surface area contributed by atoms with Gasteiger partial charge in [-0.2, -0.15) is 0 Å². The number of amides is 2. The monoisotopic (exact) mass is 341 g/mol. The molecular formula is C18H19N3O2S. The fourth-order valence-corrected chi connectivity index (χ4v) is 3.24. The first-order valence-corrected chi connectivity index (χ1v) is 8.53. The molecule has 0 aliphatic heterocycles. The molecule has 6 heteroatoms. The summed E-state index contributed by atoms with van der Waals surface area (Å²) in [5, 5.41) is 2.93. The predicted octanol–water partition coefficient (Wildman–Crippen LogP) is 3.96. The lowest BCUT2D eigenvalue weighted by Crippen LogP contribution is -2.38. The summed E-state index contributed by atoms with van der Waals surface area (Å²) in [6.07, 6.45) is 3.34. The number of urea groups is 1. The van der Waals surface area contributed by atoms with E-state index in [0.717, 1.165) is 16.3 Å². The maximum atomic E-state index is 12.6. The molecule has 0 aliphatic carbocycles. The molecule has 0 aliphatic rings. The van der Waals surface area contributed by atoms with Gasteiger partial charge in [0, 0.05) is 16.0 Å². The maximum Gasteiger partial charge on any atom is 0.318 e. The molecule has 5 nitrogen and oxygen atoms in total. The molecule has 1 N–H and O–H groups in total. The Balaban J connectivity index is 1.66. The van der Waals surface area contributed by atoms with Gasteiger partial charge in [0.1, 0.15) is 5.76 Å². The van der Waals surface area contributed by atoms with Crippen molar-refractivity contribution in [2.75, 3.05) is 0 Å². The van der Waals surface area contributed by atoms with Crippen LogP contribution in [0.1, 0.15) is 21.2 Å². The van der Waals surface area contributed by atoms with Crippen molar-refractivity contribution in [3.63, 3.8) is 0 Å². The van der Waals surface area contributed by atoms with Crippen LogP contribution in [-0.4, -0.2) is 15.9 Å². The van der Waals surface area contributed by atoms with Crippen LogP contribution in [0.25, 0.3) is 0 Å². The van der Waals surface area contributed by atoms with Gasteiger partial charge < -0.3 is 14.6 Å². The van der Waals surface area contributed by atoms with Gasteiger partial charge in [-0.1, -0.05) is 6.07 Å². The first kappa shape index (κ1) is 16.3. The minimum absolute atomic E-state index is 0.136. The highest BCUT2D eigenvalue weighted by Crippen LogP contribution is 2.18. The summed E-state index contributed by atoms with van der Waals surface area (Å²) < 4.78 is 5.39. The fourth-order valence-electron chi connectivity index (χ4n) is 2.33. The number of hydrogen-bond donors (Lipinski definition) is 1. The van der Waals surface area contributed by atoms with E-state index < -0.39 is 0 Å². The molecule has 124 valence electrons. The molecule has 3 heterocycles. The van der Waals surface area contributed by atoms with Gasteiger partial charge in [-0.05, 0) is 43.3 Å². The molecule has 0 atom stereocenters. The number of carbonyl (C=O) groups excluding carboxylic acids is 1. The van der Waals surface area contributed by atoms with Gasteiger partial charge in [-0.15, -0.1) is 11.3 Å². The van der Waals surface area contributed by atoms with Gasteiger partial charge in [0.25, 0.3) is 0 Å². The largest absolute Gasteiger partial charge is 0.467 e. The predicted molar refractivity (Wildman–Crippen MR) is 93.5 cm³/mol. The number of hydrogen-bond acceptors (Lipinski definition) is 4. The Bertz CT molecular complexity index is 769. The van der Waals surface area contributed by atoms with Gasteiger partial charge in [-0.3, -0.25) is 4.98 Å². The molecule has 0 saturated heterocycles. The minimum atomic E-state index is -0.136. The van der Waals surface area contributed by atoms with Gasteiger partial charge in [0.05, 0.1) is 31.6 Å². The highest BCUT2D eigenvalue weighted by molar-refractivity contribution is 7.11. The van der Waals surface area contributed by atoms with Crippen molar-refractivity contribution < 1.29 is 9.21 Å². The highest BCUT2D eigenvalue weighted by Gasteiger charge is 2.16. The van der Waals surface area contributed by atoms with E-state index in [2.05, 4.69) is 29.4 Å². The van der Waals surface area contributed by atoms with Crippen LogP contribution in [0.4, 0.5) is 4.79 Å². The lowest BCUT2D eigenvalue weighted by molar-refractivity contribution is 0.187. The Hall–Kier alpha value is -2.60. The quantitative estimate of drug-likeness (QED) is 0.738. The molecule has 0 unspecified atom stereocenters. The number of carbonyl (C=O) groups is 1. The van der Waals surface area contributed by atoms with E-state index in [1.807, 2.05) is 30.3 Å². The Morgan fingerprint density at radius 1 is 1.21 bits per heavy atom. The second-order valence-electron chi connectivity index (χ2n) is 5.43. The number of aryl methyl sites for hydroxylation is 1. The van der Waals surface area contributed by atoms with E-state index in [-0.39, 0.29) is 6.03 Å². The molecule has 24 heavy (non-hydrogen) atoms. The SMILES string of the molecule is Cc1ccc(CN(Cc2ccco2)C(=O)NCc2ccccn2)s1. The summed E-state index contributed by atoms with van der Waals surface area (Å²) in [5.74, 6) is 0.760. The molecule has 0 saturated carbocycles. The van der Waals surface area contributed by atoms with Crippen LogP contribution >= 0.6 is 11.3 Å². The lowest BCUT2D eigenvalue weighted by atomic mass is 10.3. The van der Waals surface area contributed by atoms with Crippen LogP contribution in [0.2, 0.25) is 0 Å². The average molecular weight is 341 g/mol. The molecule has 3 aromatic heterocycles. The zero-order valence-corrected chi connectivity index (χ0v) is 14.3. The van der Waals surface area contributed by atoms with Gasteiger partial charge in [-0.25, -0.2) is 4.79 Å². The maximum absolute atomic E-state index is 12.6. The van der Waals surface area contributed by atoms with Crippen molar-refractivity contribution in [2.45, 2.75) is 26.6 Å². The zero-order chi connectivity index (χ0) is 16.8. The van der Waals surface area contributed by atoms with Crippen molar-refractivity contribution in [1.29, 1.82) is 0 Å². The molecule has 0 aromatic carbocycles. The first-order valence-electron chi connectivity index (χ1n) is 7.71. The zero-order valence-electron chi connectivity index (χ0n) is 13.4. The first-order chi connectivity index (χ1) is 11.7. The van der Waals surface area contributed by atoms with Crippen molar-refractivity contribution >= 4 is 17.4 Å². The summed E-state index contributed by atoms with van der Waals surface area (Å²) in [4.78, 5) is 20.9. The van der Waals surface area contributed by atoms with E-state index in [4.69, 9.17) is 4.42 Å². The molecule has 3 aromatic rings. The number of nitrogens with one attached hydrogen (secondary N) is 1. The van der Waals surface area contributed by atoms with E-state index in [1.54, 1.807) is 28.7 Å². The van der Waals surface area contributed by atoms with E-state index in [9.17, 15) is 4.79 Å². The Kier molecular flexibility index (Phi) is 5.28. The van der Waals surface area contributed by atoms with Gasteiger partial charge in [0.15, 0.2) is 0 Å². The van der Waals surface area contributed by atoms with E-state index in [1.165, 1.54) is 4.88 Å². The van der Waals surface area contributed by atoms with Crippen LogP contribution in [-0.2, 0) is 19.6 Å². The van der Waals surface area contributed by atoms with Crippen LogP contribution < -0.4 is 5.32 Å². The summed E-state index contributed by atoms with van der Waals surface area (Å²) in [6.45, 7) is 3.44. The van der Waals surface area contributed by atoms with Crippen LogP contribution in [0.3, 0.4) is 0 Å². The van der Waals surface area contributed by atoms with Crippen LogP contribution in [0.5, 0.6) is 0 Å². The second kappa shape index (κ2) is 7.79. The number of pyridine rings is 1. The number of thiophene rings is 1. The second-order valence-corrected chi connectivity index (χ2v) is 6.80. The van der Waals surface area contributed by atoms with Crippen molar-refractivity contribution in [3.8, 4) is 0 Å². The topological polar surface area (TPSA) is 58.4 Å². The summed E-state index contributed by atoms with van der Waals surface area (Å²) in [7, 11) is 0. The lowest BCUT2D eigenvalue weighted by Gasteiger charge is -2.21. The standard InChI is InChI=1S/C18H19N3O2S/c1-14-7-8-17(24-14)13-21(12-16-6-4-10-23-16)18(22)20-11-15-5-2-3-9-19-15/h2-10H,11-13H2,1H3,(H,20,22). The third kappa shape index (κ3) is 4.45. The molecule has 0 fully saturated rings. The molecule has 0 bridgehead atoms. The molecule has 0 radical (unpaired) electrons. The number of rotatable bonds is 6. The Morgan fingerprint density at radius 2 is 2.12 bits per heavy atom. The van der Waals surface area contributed by atoms with Crippen LogP contribution in [0.15, 0.2) is 59.3 Å². The average Bonchev–Trinajstić information content (AvgIpc) is 3.25. The Morgan fingerprint density at radius 3 is 2.79 bits per heavy atom. The summed E-state index contributed by atoms with van der Waals surface area (Å²) in [6, 6.07) is 13.3. The number of aromatic nitrogens is 1. The number of nitrogens with zero attached hydrogens (tertiary/aromatic N) is 2. The molecular weight excluding hydrogens is 322 g/mol. The van der Waals surface area contributed by atoms with Crippen molar-refractivity contribution in [3.05, 3.63) is 76.1 Å². The number of furan rings is 1. The highest BCUT2D eigenvalue weighted by atomic mass is 32.1. The fraction of sp³-hybridized carbons (Fsp3) is 0.222. The minimum Gasteiger partial charge on any atom is -0.467 e. The van der Waals surface area contributed by atoms with Crippen molar-refractivity contribution in [1.82, 2.24) is 15.2 Å². The van der Waals surface area contributed by atoms with Gasteiger partial charge >= 0.3 is 6.03 Å². The van der Waals surface area contributed by atoms with Gasteiger partial charge in [0.2, 0.25) is 0 Å². The third-order valence-corrected chi connectivity index (χ3v) is 4.49. The van der Waals surface area contributed by atoms with Crippen molar-refractivity contribution in [2.24, 2.45) is 0 Å². The molecule has 3 rings (SSSR count). The smallest absolute Gasteiger partial charge is 0.318 e. The summed E-state index contributed by atoms with van der Waals surface area (Å²) >= 11 is 1.70.